The highest BCUT2D eigenvalue weighted by molar-refractivity contribution is 7.89. The lowest BCUT2D eigenvalue weighted by molar-refractivity contribution is -0.150. The summed E-state index contributed by atoms with van der Waals surface area (Å²) in [6.45, 7) is 4.49. The van der Waals surface area contributed by atoms with Crippen LogP contribution in [0.1, 0.15) is 37.3 Å². The number of hydrogen-bond acceptors (Lipinski definition) is 6. The number of carbonyl (C=O) groups is 2. The number of sulfonamides is 1. The van der Waals surface area contributed by atoms with Crippen LogP contribution < -0.4 is 10.5 Å². The van der Waals surface area contributed by atoms with Gasteiger partial charge in [0, 0.05) is 32.7 Å². The zero-order chi connectivity index (χ0) is 28.3. The van der Waals surface area contributed by atoms with Crippen molar-refractivity contribution in [2.45, 2.75) is 56.0 Å². The van der Waals surface area contributed by atoms with Crippen molar-refractivity contribution in [1.29, 1.82) is 5.41 Å². The third-order valence-electron chi connectivity index (χ3n) is 7.74. The van der Waals surface area contributed by atoms with Crippen LogP contribution in [0.4, 0.5) is 0 Å². The molecular formula is C27H40Cl2N6O5S. The summed E-state index contributed by atoms with van der Waals surface area (Å²) in [5, 5.41) is 17.6. The van der Waals surface area contributed by atoms with Crippen LogP contribution in [0.25, 0.3) is 0 Å². The van der Waals surface area contributed by atoms with E-state index in [0.29, 0.717) is 19.5 Å². The number of benzene rings is 1. The van der Waals surface area contributed by atoms with Crippen LogP contribution in [-0.4, -0.2) is 97.9 Å². The number of nitrogens with zero attached hydrogens (tertiary/aromatic N) is 3. The average Bonchev–Trinajstić information content (AvgIpc) is 3.08. The second-order valence-electron chi connectivity index (χ2n) is 10.7. The van der Waals surface area contributed by atoms with Crippen molar-refractivity contribution in [1.82, 2.24) is 19.4 Å². The van der Waals surface area contributed by atoms with E-state index >= 15 is 0 Å². The monoisotopic (exact) mass is 630 g/mol. The maximum Gasteiger partial charge on any atom is 0.326 e. The first kappa shape index (κ1) is 34.6. The molecule has 5 N–H and O–H groups in total. The zero-order valence-corrected chi connectivity index (χ0v) is 25.8. The fraction of sp³-hybridized carbons (Fsp3) is 0.519. The molecule has 0 aliphatic carbocycles. The van der Waals surface area contributed by atoms with Crippen LogP contribution in [0.3, 0.4) is 0 Å². The van der Waals surface area contributed by atoms with E-state index in [4.69, 9.17) is 11.1 Å². The molecule has 0 radical (unpaired) electrons. The predicted molar refractivity (Wildman–Crippen MR) is 162 cm³/mol. The van der Waals surface area contributed by atoms with E-state index in [0.717, 1.165) is 48.2 Å². The highest BCUT2D eigenvalue weighted by Gasteiger charge is 2.38. The Morgan fingerprint density at radius 1 is 1.15 bits per heavy atom. The molecule has 3 aliphatic heterocycles. The van der Waals surface area contributed by atoms with Gasteiger partial charge >= 0.3 is 5.97 Å². The standard InChI is InChI=1S/C27H38N6O5S.2ClH/c1-18-7-13-33(24(14-18)26(35)36)25(34)23(15-19-4-3-10-32(17-19)27(28)29)30-39(37,38)22-6-5-20-8-11-31(2)12-9-21(20)16-22;;/h4-7,16,23-24,30H,3,8-15,17H2,1-2H3,(H3,28,29)(H,35,36);2*1H/t23-,24+;;/m0../s1. The summed E-state index contributed by atoms with van der Waals surface area (Å²) < 4.78 is 29.9. The molecule has 0 saturated carbocycles. The maximum atomic E-state index is 13.8. The second kappa shape index (κ2) is 14.5. The van der Waals surface area contributed by atoms with E-state index in [9.17, 15) is 23.1 Å². The Bertz CT molecular complexity index is 1320. The molecule has 3 aliphatic rings. The Hall–Kier alpha value is -2.64. The van der Waals surface area contributed by atoms with Crippen LogP contribution in [0.15, 0.2) is 46.4 Å². The third kappa shape index (κ3) is 8.45. The molecule has 0 aromatic heterocycles. The predicted octanol–water partition coefficient (Wildman–Crippen LogP) is 1.75. The molecule has 41 heavy (non-hydrogen) atoms. The molecule has 14 heteroatoms. The van der Waals surface area contributed by atoms with Gasteiger partial charge in [0.25, 0.3) is 0 Å². The fourth-order valence-electron chi connectivity index (χ4n) is 5.39. The van der Waals surface area contributed by atoms with Gasteiger partial charge in [0.1, 0.15) is 12.1 Å². The molecule has 0 fully saturated rings. The average molecular weight is 632 g/mol. The smallest absolute Gasteiger partial charge is 0.326 e. The van der Waals surface area contributed by atoms with Crippen molar-refractivity contribution in [2.75, 3.05) is 39.8 Å². The summed E-state index contributed by atoms with van der Waals surface area (Å²) in [5.74, 6) is -1.82. The van der Waals surface area contributed by atoms with E-state index in [1.54, 1.807) is 23.1 Å². The number of likely N-dealkylation sites (N-methyl/N-ethyl adjacent to an activating group) is 1. The summed E-state index contributed by atoms with van der Waals surface area (Å²) in [5.41, 5.74) is 9.39. The second-order valence-corrected chi connectivity index (χ2v) is 12.4. The van der Waals surface area contributed by atoms with Gasteiger partial charge in [0.15, 0.2) is 5.96 Å². The number of fused-ring (bicyclic) bond motifs is 1. The van der Waals surface area contributed by atoms with Crippen molar-refractivity contribution in [3.05, 3.63) is 52.6 Å². The Morgan fingerprint density at radius 3 is 2.49 bits per heavy atom. The molecule has 3 heterocycles. The number of halogens is 2. The van der Waals surface area contributed by atoms with Crippen molar-refractivity contribution < 1.29 is 23.1 Å². The quantitative estimate of drug-likeness (QED) is 0.201. The largest absolute Gasteiger partial charge is 0.480 e. The van der Waals surface area contributed by atoms with Crippen molar-refractivity contribution in [2.24, 2.45) is 5.73 Å². The topological polar surface area (TPSA) is 160 Å². The van der Waals surface area contributed by atoms with E-state index in [1.165, 1.54) is 4.90 Å². The number of carbonyl (C=O) groups excluding carboxylic acids is 1. The minimum absolute atomic E-state index is 0. The Morgan fingerprint density at radius 2 is 1.83 bits per heavy atom. The van der Waals surface area contributed by atoms with Gasteiger partial charge in [-0.2, -0.15) is 4.72 Å². The molecule has 1 aromatic carbocycles. The first-order valence-electron chi connectivity index (χ1n) is 13.2. The van der Waals surface area contributed by atoms with Crippen molar-refractivity contribution >= 4 is 52.7 Å². The number of carboxylic acids is 1. The lowest BCUT2D eigenvalue weighted by atomic mass is 9.97. The molecule has 0 bridgehead atoms. The van der Waals surface area contributed by atoms with E-state index < -0.39 is 34.0 Å². The third-order valence-corrected chi connectivity index (χ3v) is 9.21. The summed E-state index contributed by atoms with van der Waals surface area (Å²) in [6.07, 6.45) is 6.12. The number of guanidine groups is 1. The normalized spacial score (nSPS) is 20.3. The molecule has 0 unspecified atom stereocenters. The van der Waals surface area contributed by atoms with Gasteiger partial charge in [0.05, 0.1) is 4.90 Å². The maximum absolute atomic E-state index is 13.8. The first-order chi connectivity index (χ1) is 18.4. The van der Waals surface area contributed by atoms with Crippen LogP contribution >= 0.6 is 24.8 Å². The van der Waals surface area contributed by atoms with Crippen molar-refractivity contribution in [3.8, 4) is 0 Å². The van der Waals surface area contributed by atoms with Gasteiger partial charge in [-0.1, -0.05) is 29.4 Å². The summed E-state index contributed by atoms with van der Waals surface area (Å²) >= 11 is 0. The van der Waals surface area contributed by atoms with Crippen LogP contribution in [-0.2, 0) is 32.5 Å². The zero-order valence-electron chi connectivity index (χ0n) is 23.3. The molecule has 1 aromatic rings. The molecule has 11 nitrogen and oxygen atoms in total. The SMILES string of the molecule is CC1=CCN(C(=O)[C@H](CC2=CCCN(C(=N)N)C2)NS(=O)(=O)c2ccc3c(c2)CCN(C)CC3)[C@@H](C(=O)O)C1.Cl.Cl. The number of amides is 1. The van der Waals surface area contributed by atoms with Crippen LogP contribution in [0.5, 0.6) is 0 Å². The lowest BCUT2D eigenvalue weighted by Gasteiger charge is -2.35. The van der Waals surface area contributed by atoms with Crippen molar-refractivity contribution in [3.63, 3.8) is 0 Å². The Labute approximate surface area is 254 Å². The summed E-state index contributed by atoms with van der Waals surface area (Å²) in [4.78, 5) is 31.0. The fourth-order valence-corrected chi connectivity index (χ4v) is 6.63. The van der Waals surface area contributed by atoms with Gasteiger partial charge in [-0.3, -0.25) is 10.2 Å². The summed E-state index contributed by atoms with van der Waals surface area (Å²) in [7, 11) is -2.08. The molecule has 2 atom stereocenters. The van der Waals surface area contributed by atoms with Crippen LogP contribution in [0, 0.1) is 5.41 Å². The van der Waals surface area contributed by atoms with Gasteiger partial charge in [-0.05, 0) is 69.3 Å². The number of aliphatic carboxylic acids is 1. The first-order valence-corrected chi connectivity index (χ1v) is 14.7. The Kier molecular flexibility index (Phi) is 12.2. The van der Waals surface area contributed by atoms with Gasteiger partial charge < -0.3 is 25.5 Å². The molecule has 0 saturated heterocycles. The van der Waals surface area contributed by atoms with E-state index in [2.05, 4.69) is 9.62 Å². The number of carboxylic acid groups (broad SMARTS) is 1. The number of nitrogens with two attached hydrogens (primary N) is 1. The minimum atomic E-state index is -4.11. The van der Waals surface area contributed by atoms with Gasteiger partial charge in [-0.25, -0.2) is 13.2 Å². The molecule has 4 rings (SSSR count). The lowest BCUT2D eigenvalue weighted by Crippen LogP contribution is -2.55. The minimum Gasteiger partial charge on any atom is -0.480 e. The highest BCUT2D eigenvalue weighted by Crippen LogP contribution is 2.24. The van der Waals surface area contributed by atoms with Gasteiger partial charge in [-0.15, -0.1) is 24.8 Å². The van der Waals surface area contributed by atoms with E-state index in [-0.39, 0.29) is 55.1 Å². The van der Waals surface area contributed by atoms with Crippen LogP contribution in [0.2, 0.25) is 0 Å². The van der Waals surface area contributed by atoms with Gasteiger partial charge in [0.2, 0.25) is 15.9 Å². The number of rotatable bonds is 7. The molecule has 0 spiro atoms. The van der Waals surface area contributed by atoms with E-state index in [1.807, 2.05) is 26.1 Å². The molecule has 1 amide bonds. The molecular weight excluding hydrogens is 591 g/mol. The number of nitrogens with one attached hydrogen (secondary N) is 2. The molecule has 228 valence electrons. The number of hydrogen-bond donors (Lipinski definition) is 4. The Balaban J connectivity index is 0.00000294. The highest BCUT2D eigenvalue weighted by atomic mass is 35.5. The summed E-state index contributed by atoms with van der Waals surface area (Å²) in [6, 6.07) is 2.80.